The fourth-order valence-electron chi connectivity index (χ4n) is 2.07. The summed E-state index contributed by atoms with van der Waals surface area (Å²) in [5.74, 6) is -0.00539. The van der Waals surface area contributed by atoms with Gasteiger partial charge in [-0.3, -0.25) is 9.59 Å². The van der Waals surface area contributed by atoms with Gasteiger partial charge in [0.1, 0.15) is 6.29 Å². The van der Waals surface area contributed by atoms with Crippen LogP contribution < -0.4 is 0 Å². The van der Waals surface area contributed by atoms with Crippen LogP contribution in [0.2, 0.25) is 0 Å². The van der Waals surface area contributed by atoms with Gasteiger partial charge < -0.3 is 4.90 Å². The molecule has 0 spiro atoms. The Balaban J connectivity index is 2.00. The van der Waals surface area contributed by atoms with Gasteiger partial charge in [-0.2, -0.15) is 0 Å². The van der Waals surface area contributed by atoms with E-state index in [2.05, 4.69) is 0 Å². The number of aldehydes is 1. The predicted molar refractivity (Wildman–Crippen MR) is 78.9 cm³/mol. The summed E-state index contributed by atoms with van der Waals surface area (Å²) in [6, 6.07) is 16.7. The lowest BCUT2D eigenvalue weighted by molar-refractivity contribution is 0.0796. The fraction of sp³-hybridized carbons (Fsp3) is 0.176. The van der Waals surface area contributed by atoms with E-state index >= 15 is 0 Å². The Morgan fingerprint density at radius 3 is 2.40 bits per heavy atom. The van der Waals surface area contributed by atoms with Gasteiger partial charge in [-0.25, -0.2) is 0 Å². The molecule has 0 unspecified atom stereocenters. The van der Waals surface area contributed by atoms with E-state index in [1.54, 1.807) is 30.1 Å². The summed E-state index contributed by atoms with van der Waals surface area (Å²) in [5, 5.41) is 0. The Bertz CT molecular complexity index is 593. The normalized spacial score (nSPS) is 10.1. The molecule has 0 atom stereocenters. The van der Waals surface area contributed by atoms with E-state index in [1.807, 2.05) is 36.4 Å². The monoisotopic (exact) mass is 267 g/mol. The Hall–Kier alpha value is -2.42. The minimum Gasteiger partial charge on any atom is -0.341 e. The van der Waals surface area contributed by atoms with E-state index < -0.39 is 0 Å². The Morgan fingerprint density at radius 1 is 1.05 bits per heavy atom. The quantitative estimate of drug-likeness (QED) is 0.781. The van der Waals surface area contributed by atoms with Crippen LogP contribution in [0, 0.1) is 0 Å². The van der Waals surface area contributed by atoms with Crippen LogP contribution in [0.25, 0.3) is 0 Å². The number of likely N-dealkylation sites (N-methyl/N-ethyl adjacent to an activating group) is 1. The Morgan fingerprint density at radius 2 is 1.70 bits per heavy atom. The molecule has 0 heterocycles. The number of benzene rings is 2. The molecule has 0 saturated carbocycles. The maximum Gasteiger partial charge on any atom is 0.253 e. The van der Waals surface area contributed by atoms with Crippen molar-refractivity contribution in [2.75, 3.05) is 13.6 Å². The summed E-state index contributed by atoms with van der Waals surface area (Å²) in [6.45, 7) is 0.582. The first-order valence-corrected chi connectivity index (χ1v) is 6.56. The average molecular weight is 267 g/mol. The van der Waals surface area contributed by atoms with Crippen LogP contribution in [0.3, 0.4) is 0 Å². The number of nitrogens with zero attached hydrogens (tertiary/aromatic N) is 1. The number of carbonyl (C=O) groups is 2. The third kappa shape index (κ3) is 3.32. The molecule has 0 aliphatic rings. The molecule has 2 rings (SSSR count). The van der Waals surface area contributed by atoms with Crippen molar-refractivity contribution in [2.24, 2.45) is 0 Å². The van der Waals surface area contributed by atoms with Gasteiger partial charge in [0.15, 0.2) is 0 Å². The lowest BCUT2D eigenvalue weighted by atomic mass is 10.1. The first kappa shape index (κ1) is 14.0. The Labute approximate surface area is 118 Å². The summed E-state index contributed by atoms with van der Waals surface area (Å²) >= 11 is 0. The van der Waals surface area contributed by atoms with E-state index in [-0.39, 0.29) is 5.91 Å². The second-order valence-corrected chi connectivity index (χ2v) is 4.66. The zero-order chi connectivity index (χ0) is 14.4. The molecule has 0 bridgehead atoms. The first-order valence-electron chi connectivity index (χ1n) is 6.56. The largest absolute Gasteiger partial charge is 0.341 e. The van der Waals surface area contributed by atoms with Crippen LogP contribution >= 0.6 is 0 Å². The number of hydrogen-bond acceptors (Lipinski definition) is 2. The highest BCUT2D eigenvalue weighted by atomic mass is 16.2. The standard InChI is InChI=1S/C17H17NO2/c1-18(17(20)15-8-3-2-4-9-15)12-11-14-7-5-6-10-16(14)13-19/h2-10,13H,11-12H2,1H3. The summed E-state index contributed by atoms with van der Waals surface area (Å²) in [6.07, 6.45) is 1.53. The van der Waals surface area contributed by atoms with Crippen LogP contribution in [0.5, 0.6) is 0 Å². The third-order valence-electron chi connectivity index (χ3n) is 3.27. The molecule has 0 fully saturated rings. The number of amides is 1. The summed E-state index contributed by atoms with van der Waals surface area (Å²) in [7, 11) is 1.78. The molecule has 0 aromatic heterocycles. The van der Waals surface area contributed by atoms with Crippen LogP contribution in [0.1, 0.15) is 26.3 Å². The van der Waals surface area contributed by atoms with Crippen molar-refractivity contribution in [3.8, 4) is 0 Å². The number of rotatable bonds is 5. The van der Waals surface area contributed by atoms with E-state index in [0.29, 0.717) is 24.1 Å². The van der Waals surface area contributed by atoms with E-state index in [0.717, 1.165) is 11.8 Å². The fourth-order valence-corrected chi connectivity index (χ4v) is 2.07. The van der Waals surface area contributed by atoms with Crippen LogP contribution in [0.15, 0.2) is 54.6 Å². The molecule has 0 aliphatic carbocycles. The van der Waals surface area contributed by atoms with Crippen LogP contribution in [-0.4, -0.2) is 30.7 Å². The first-order chi connectivity index (χ1) is 9.72. The van der Waals surface area contributed by atoms with Gasteiger partial charge in [-0.05, 0) is 24.1 Å². The minimum atomic E-state index is -0.00539. The van der Waals surface area contributed by atoms with Crippen molar-refractivity contribution < 1.29 is 9.59 Å². The highest BCUT2D eigenvalue weighted by Gasteiger charge is 2.11. The van der Waals surface area contributed by atoms with Gasteiger partial charge in [-0.1, -0.05) is 42.5 Å². The van der Waals surface area contributed by atoms with Crippen molar-refractivity contribution in [1.82, 2.24) is 4.90 Å². The lowest BCUT2D eigenvalue weighted by Gasteiger charge is -2.17. The summed E-state index contributed by atoms with van der Waals surface area (Å²) in [5.41, 5.74) is 2.34. The molecule has 0 aliphatic heterocycles. The van der Waals surface area contributed by atoms with Gasteiger partial charge in [0.05, 0.1) is 0 Å². The predicted octanol–water partition coefficient (Wildman–Crippen LogP) is 2.81. The minimum absolute atomic E-state index is 0.00539. The molecule has 0 radical (unpaired) electrons. The van der Waals surface area contributed by atoms with E-state index in [9.17, 15) is 9.59 Å². The van der Waals surface area contributed by atoms with E-state index in [1.165, 1.54) is 0 Å². The van der Waals surface area contributed by atoms with Crippen molar-refractivity contribution in [3.05, 3.63) is 71.3 Å². The van der Waals surface area contributed by atoms with E-state index in [4.69, 9.17) is 0 Å². The molecule has 2 aromatic carbocycles. The zero-order valence-electron chi connectivity index (χ0n) is 11.5. The van der Waals surface area contributed by atoms with Gasteiger partial charge in [0, 0.05) is 24.7 Å². The molecule has 1 amide bonds. The molecule has 102 valence electrons. The highest BCUT2D eigenvalue weighted by molar-refractivity contribution is 5.94. The second-order valence-electron chi connectivity index (χ2n) is 4.66. The van der Waals surface area contributed by atoms with Crippen LogP contribution in [0.4, 0.5) is 0 Å². The number of carbonyl (C=O) groups excluding carboxylic acids is 2. The topological polar surface area (TPSA) is 37.4 Å². The molecule has 3 heteroatoms. The maximum absolute atomic E-state index is 12.2. The van der Waals surface area contributed by atoms with Crippen LogP contribution in [-0.2, 0) is 6.42 Å². The Kier molecular flexibility index (Phi) is 4.66. The van der Waals surface area contributed by atoms with Gasteiger partial charge in [0.25, 0.3) is 5.91 Å². The summed E-state index contributed by atoms with van der Waals surface area (Å²) in [4.78, 5) is 24.8. The molecule has 20 heavy (non-hydrogen) atoms. The highest BCUT2D eigenvalue weighted by Crippen LogP contribution is 2.09. The van der Waals surface area contributed by atoms with Gasteiger partial charge in [-0.15, -0.1) is 0 Å². The summed E-state index contributed by atoms with van der Waals surface area (Å²) < 4.78 is 0. The lowest BCUT2D eigenvalue weighted by Crippen LogP contribution is -2.28. The molecular formula is C17H17NO2. The van der Waals surface area contributed by atoms with Crippen molar-refractivity contribution in [2.45, 2.75) is 6.42 Å². The average Bonchev–Trinajstić information content (AvgIpc) is 2.53. The molecule has 0 saturated heterocycles. The number of hydrogen-bond donors (Lipinski definition) is 0. The maximum atomic E-state index is 12.2. The molecular weight excluding hydrogens is 250 g/mol. The molecule has 0 N–H and O–H groups in total. The smallest absolute Gasteiger partial charge is 0.253 e. The zero-order valence-corrected chi connectivity index (χ0v) is 11.5. The third-order valence-corrected chi connectivity index (χ3v) is 3.27. The van der Waals surface area contributed by atoms with Gasteiger partial charge in [0.2, 0.25) is 0 Å². The van der Waals surface area contributed by atoms with Gasteiger partial charge >= 0.3 is 0 Å². The van der Waals surface area contributed by atoms with Crippen molar-refractivity contribution in [3.63, 3.8) is 0 Å². The molecule has 2 aromatic rings. The second kappa shape index (κ2) is 6.66. The van der Waals surface area contributed by atoms with Crippen molar-refractivity contribution >= 4 is 12.2 Å². The SMILES string of the molecule is CN(CCc1ccccc1C=O)C(=O)c1ccccc1. The van der Waals surface area contributed by atoms with Crippen molar-refractivity contribution in [1.29, 1.82) is 0 Å². The molecule has 3 nitrogen and oxygen atoms in total.